The van der Waals surface area contributed by atoms with Gasteiger partial charge in [-0.25, -0.2) is 0 Å². The summed E-state index contributed by atoms with van der Waals surface area (Å²) in [6, 6.07) is 54.5. The van der Waals surface area contributed by atoms with E-state index in [-0.39, 0.29) is 0 Å². The highest BCUT2D eigenvalue weighted by Crippen LogP contribution is 2.35. The molecule has 0 spiro atoms. The number of hydrogen-bond donors (Lipinski definition) is 0. The molecule has 4 aromatic heterocycles. The molecule has 0 aliphatic carbocycles. The summed E-state index contributed by atoms with van der Waals surface area (Å²) in [7, 11) is 0. The molecule has 0 atom stereocenters. The van der Waals surface area contributed by atoms with Crippen LogP contribution < -0.4 is 0 Å². The SMILES string of the molecule is C(#Cc1cc(CCc2ccc(-c3ccccc3)nc2)cc(CCc2ccc(-c3ccccc3)nc2)c1)c1ccc(-c2cccc3c2oc2ccccc23)nc1. The van der Waals surface area contributed by atoms with Crippen LogP contribution in [0.3, 0.4) is 0 Å². The Morgan fingerprint density at radius 1 is 0.400 bits per heavy atom. The summed E-state index contributed by atoms with van der Waals surface area (Å²) < 4.78 is 6.26. The van der Waals surface area contributed by atoms with Crippen molar-refractivity contribution < 1.29 is 4.42 Å². The zero-order chi connectivity index (χ0) is 36.8. The smallest absolute Gasteiger partial charge is 0.144 e. The Morgan fingerprint density at radius 2 is 0.945 bits per heavy atom. The number of aromatic nitrogens is 3. The van der Waals surface area contributed by atoms with Gasteiger partial charge in [-0.05, 0) is 96.5 Å². The summed E-state index contributed by atoms with van der Waals surface area (Å²) in [6.07, 6.45) is 9.44. The van der Waals surface area contributed by atoms with Crippen molar-refractivity contribution in [2.45, 2.75) is 25.7 Å². The van der Waals surface area contributed by atoms with Crippen LogP contribution in [0.15, 0.2) is 181 Å². The third-order valence-electron chi connectivity index (χ3n) is 10.0. The monoisotopic (exact) mass is 707 g/mol. The van der Waals surface area contributed by atoms with Gasteiger partial charge in [-0.1, -0.05) is 121 Å². The van der Waals surface area contributed by atoms with Gasteiger partial charge < -0.3 is 4.42 Å². The van der Waals surface area contributed by atoms with Gasteiger partial charge in [-0.2, -0.15) is 0 Å². The Balaban J connectivity index is 0.952. The van der Waals surface area contributed by atoms with E-state index < -0.39 is 0 Å². The summed E-state index contributed by atoms with van der Waals surface area (Å²) in [5, 5.41) is 2.20. The van der Waals surface area contributed by atoms with E-state index in [4.69, 9.17) is 19.4 Å². The number of furan rings is 1. The third-order valence-corrected chi connectivity index (χ3v) is 10.0. The van der Waals surface area contributed by atoms with Crippen LogP contribution >= 0.6 is 0 Å². The molecule has 9 aromatic rings. The average Bonchev–Trinajstić information content (AvgIpc) is 3.65. The van der Waals surface area contributed by atoms with Gasteiger partial charge in [-0.3, -0.25) is 15.0 Å². The Labute approximate surface area is 321 Å². The summed E-state index contributed by atoms with van der Waals surface area (Å²) in [6.45, 7) is 0. The predicted molar refractivity (Wildman–Crippen MR) is 224 cm³/mol. The molecule has 5 aromatic carbocycles. The molecule has 0 aliphatic heterocycles. The first-order chi connectivity index (χ1) is 27.2. The molecule has 0 radical (unpaired) electrons. The van der Waals surface area contributed by atoms with Gasteiger partial charge in [0.05, 0.1) is 17.1 Å². The maximum absolute atomic E-state index is 6.26. The van der Waals surface area contributed by atoms with Crippen molar-refractivity contribution in [1.82, 2.24) is 15.0 Å². The van der Waals surface area contributed by atoms with Crippen LogP contribution in [0.25, 0.3) is 55.7 Å². The molecule has 4 nitrogen and oxygen atoms in total. The molecule has 0 fully saturated rings. The van der Waals surface area contributed by atoms with Crippen LogP contribution in [-0.4, -0.2) is 15.0 Å². The molecule has 0 unspecified atom stereocenters. The fraction of sp³-hybridized carbons (Fsp3) is 0.0784. The Kier molecular flexibility index (Phi) is 9.49. The standard InChI is InChI=1S/C51H37N3O/c1-3-10-42(11-4-1)47-27-24-36(33-52-47)18-21-39-30-40(22-19-37-25-28-48(53-34-37)43-12-5-2-6-13-43)32-41(31-39)23-20-38-26-29-49(54-35-38)46-16-9-15-45-44-14-7-8-17-50(44)55-51(45)46/h1-17,24-35H,18-19,21-22H2. The van der Waals surface area contributed by atoms with Gasteiger partial charge in [0.25, 0.3) is 0 Å². The molecule has 0 saturated carbocycles. The van der Waals surface area contributed by atoms with Crippen molar-refractivity contribution in [2.75, 3.05) is 0 Å². The maximum Gasteiger partial charge on any atom is 0.144 e. The lowest BCUT2D eigenvalue weighted by Gasteiger charge is -2.09. The number of rotatable bonds is 9. The minimum absolute atomic E-state index is 0.852. The van der Waals surface area contributed by atoms with Gasteiger partial charge in [-0.15, -0.1) is 0 Å². The third kappa shape index (κ3) is 7.69. The molecule has 0 aliphatic rings. The van der Waals surface area contributed by atoms with Gasteiger partial charge in [0, 0.05) is 57.2 Å². The topological polar surface area (TPSA) is 51.8 Å². The molecule has 55 heavy (non-hydrogen) atoms. The predicted octanol–water partition coefficient (Wildman–Crippen LogP) is 11.7. The van der Waals surface area contributed by atoms with Crippen molar-refractivity contribution in [3.63, 3.8) is 0 Å². The van der Waals surface area contributed by atoms with E-state index in [0.29, 0.717) is 0 Å². The largest absolute Gasteiger partial charge is 0.455 e. The molecule has 9 rings (SSSR count). The van der Waals surface area contributed by atoms with E-state index in [0.717, 1.165) is 92.5 Å². The van der Waals surface area contributed by atoms with E-state index in [9.17, 15) is 0 Å². The minimum atomic E-state index is 0.852. The van der Waals surface area contributed by atoms with Crippen molar-refractivity contribution >= 4 is 21.9 Å². The second-order valence-electron chi connectivity index (χ2n) is 13.8. The van der Waals surface area contributed by atoms with Crippen LogP contribution in [0.1, 0.15) is 33.4 Å². The van der Waals surface area contributed by atoms with Crippen molar-refractivity contribution in [3.8, 4) is 45.6 Å². The molecular weight excluding hydrogens is 671 g/mol. The first kappa shape index (κ1) is 33.7. The van der Waals surface area contributed by atoms with Gasteiger partial charge in [0.15, 0.2) is 0 Å². The summed E-state index contributed by atoms with van der Waals surface area (Å²) >= 11 is 0. The fourth-order valence-corrected chi connectivity index (χ4v) is 7.13. The van der Waals surface area contributed by atoms with Gasteiger partial charge in [0.2, 0.25) is 0 Å². The van der Waals surface area contributed by atoms with Crippen LogP contribution in [0.2, 0.25) is 0 Å². The lowest BCUT2D eigenvalue weighted by Crippen LogP contribution is -1.98. The van der Waals surface area contributed by atoms with Crippen LogP contribution in [0, 0.1) is 11.8 Å². The number of para-hydroxylation sites is 2. The molecule has 262 valence electrons. The van der Waals surface area contributed by atoms with E-state index >= 15 is 0 Å². The summed E-state index contributed by atoms with van der Waals surface area (Å²) in [5.74, 6) is 6.85. The highest BCUT2D eigenvalue weighted by molar-refractivity contribution is 6.09. The molecule has 4 heteroatoms. The highest BCUT2D eigenvalue weighted by atomic mass is 16.3. The zero-order valence-electron chi connectivity index (χ0n) is 30.3. The van der Waals surface area contributed by atoms with Crippen molar-refractivity contribution in [1.29, 1.82) is 0 Å². The first-order valence-corrected chi connectivity index (χ1v) is 18.7. The Hall–Kier alpha value is -7.09. The van der Waals surface area contributed by atoms with E-state index in [2.05, 4.69) is 103 Å². The summed E-state index contributed by atoms with van der Waals surface area (Å²) in [4.78, 5) is 14.3. The van der Waals surface area contributed by atoms with Crippen LogP contribution in [0.5, 0.6) is 0 Å². The number of pyridine rings is 3. The van der Waals surface area contributed by atoms with Crippen molar-refractivity contribution in [3.05, 3.63) is 210 Å². The molecule has 0 N–H and O–H groups in total. The van der Waals surface area contributed by atoms with Crippen molar-refractivity contribution in [2.24, 2.45) is 0 Å². The number of hydrogen-bond acceptors (Lipinski definition) is 4. The quantitative estimate of drug-likeness (QED) is 0.140. The molecule has 0 amide bonds. The maximum atomic E-state index is 6.26. The zero-order valence-corrected chi connectivity index (χ0v) is 30.3. The van der Waals surface area contributed by atoms with E-state index in [1.54, 1.807) is 0 Å². The normalized spacial score (nSPS) is 11.1. The highest BCUT2D eigenvalue weighted by Gasteiger charge is 2.12. The van der Waals surface area contributed by atoms with E-state index in [1.165, 1.54) is 22.3 Å². The van der Waals surface area contributed by atoms with Crippen LogP contribution in [0.4, 0.5) is 0 Å². The lowest BCUT2D eigenvalue weighted by molar-refractivity contribution is 0.670. The number of nitrogens with zero attached hydrogens (tertiary/aromatic N) is 3. The van der Waals surface area contributed by atoms with Gasteiger partial charge >= 0.3 is 0 Å². The Bertz CT molecular complexity index is 2670. The Morgan fingerprint density at radius 3 is 1.55 bits per heavy atom. The average molecular weight is 708 g/mol. The fourth-order valence-electron chi connectivity index (χ4n) is 7.13. The summed E-state index contributed by atoms with van der Waals surface area (Å²) in [5.41, 5.74) is 14.6. The number of fused-ring (bicyclic) bond motifs is 3. The van der Waals surface area contributed by atoms with Crippen LogP contribution in [-0.2, 0) is 25.7 Å². The molecule has 0 saturated heterocycles. The van der Waals surface area contributed by atoms with Gasteiger partial charge in [0.1, 0.15) is 11.2 Å². The minimum Gasteiger partial charge on any atom is -0.455 e. The molecule has 0 bridgehead atoms. The number of aryl methyl sites for hydroxylation is 4. The molecular formula is C51H37N3O. The molecule has 4 heterocycles. The number of benzene rings is 5. The first-order valence-electron chi connectivity index (χ1n) is 18.7. The lowest BCUT2D eigenvalue weighted by atomic mass is 9.97. The second-order valence-corrected chi connectivity index (χ2v) is 13.8. The van der Waals surface area contributed by atoms with E-state index in [1.807, 2.05) is 85.3 Å². The second kappa shape index (κ2) is 15.5.